The molecule has 0 bridgehead atoms. The SMILES string of the molecule is O=CN1CCN(C(=O)CNC(=O)Cc2cccc(Br)c2)CC1. The average molecular weight is 368 g/mol. The zero-order valence-electron chi connectivity index (χ0n) is 12.1. The maximum atomic E-state index is 12.0. The highest BCUT2D eigenvalue weighted by molar-refractivity contribution is 9.10. The van der Waals surface area contributed by atoms with Crippen molar-refractivity contribution in [3.63, 3.8) is 0 Å². The fourth-order valence-electron chi connectivity index (χ4n) is 2.26. The Morgan fingerprint density at radius 2 is 1.95 bits per heavy atom. The highest BCUT2D eigenvalue weighted by Gasteiger charge is 2.20. The Labute approximate surface area is 137 Å². The number of hydrogen-bond acceptors (Lipinski definition) is 3. The van der Waals surface area contributed by atoms with Crippen LogP contribution < -0.4 is 5.32 Å². The standard InChI is InChI=1S/C15H18BrN3O3/c16-13-3-1-2-12(8-13)9-14(21)17-10-15(22)19-6-4-18(11-20)5-7-19/h1-3,8,11H,4-7,9-10H2,(H,17,21). The van der Waals surface area contributed by atoms with Crippen LogP contribution in [0.5, 0.6) is 0 Å². The molecule has 1 saturated heterocycles. The first-order valence-electron chi connectivity index (χ1n) is 7.07. The van der Waals surface area contributed by atoms with E-state index < -0.39 is 0 Å². The Balaban J connectivity index is 1.74. The van der Waals surface area contributed by atoms with Gasteiger partial charge in [0.2, 0.25) is 18.2 Å². The summed E-state index contributed by atoms with van der Waals surface area (Å²) < 4.78 is 0.918. The van der Waals surface area contributed by atoms with Crippen LogP contribution >= 0.6 is 15.9 Å². The molecule has 0 unspecified atom stereocenters. The third-order valence-corrected chi connectivity index (χ3v) is 4.00. The van der Waals surface area contributed by atoms with Gasteiger partial charge in [0, 0.05) is 30.7 Å². The van der Waals surface area contributed by atoms with E-state index in [1.54, 1.807) is 9.80 Å². The monoisotopic (exact) mass is 367 g/mol. The Hall–Kier alpha value is -1.89. The smallest absolute Gasteiger partial charge is 0.242 e. The molecule has 1 aliphatic rings. The maximum Gasteiger partial charge on any atom is 0.242 e. The van der Waals surface area contributed by atoms with E-state index in [0.29, 0.717) is 26.2 Å². The Bertz CT molecular complexity index is 557. The van der Waals surface area contributed by atoms with E-state index in [-0.39, 0.29) is 24.8 Å². The fraction of sp³-hybridized carbons (Fsp3) is 0.400. The van der Waals surface area contributed by atoms with Gasteiger partial charge in [-0.1, -0.05) is 28.1 Å². The number of amides is 3. The molecule has 6 nitrogen and oxygen atoms in total. The van der Waals surface area contributed by atoms with E-state index in [9.17, 15) is 14.4 Å². The van der Waals surface area contributed by atoms with Crippen LogP contribution in [0.1, 0.15) is 5.56 Å². The molecule has 1 aromatic rings. The number of rotatable bonds is 5. The predicted molar refractivity (Wildman–Crippen MR) is 85.1 cm³/mol. The minimum atomic E-state index is -0.182. The zero-order chi connectivity index (χ0) is 15.9. The van der Waals surface area contributed by atoms with Crippen molar-refractivity contribution in [2.24, 2.45) is 0 Å². The largest absolute Gasteiger partial charge is 0.347 e. The molecule has 0 saturated carbocycles. The second-order valence-corrected chi connectivity index (χ2v) is 6.02. The lowest BCUT2D eigenvalue weighted by Gasteiger charge is -2.32. The number of nitrogens with zero attached hydrogens (tertiary/aromatic N) is 2. The van der Waals surface area contributed by atoms with Crippen LogP contribution in [0.2, 0.25) is 0 Å². The van der Waals surface area contributed by atoms with Gasteiger partial charge in [0.1, 0.15) is 0 Å². The van der Waals surface area contributed by atoms with Gasteiger partial charge in [-0.3, -0.25) is 14.4 Å². The van der Waals surface area contributed by atoms with Gasteiger partial charge in [-0.25, -0.2) is 0 Å². The fourth-order valence-corrected chi connectivity index (χ4v) is 2.70. The van der Waals surface area contributed by atoms with Gasteiger partial charge in [-0.2, -0.15) is 0 Å². The molecule has 0 aromatic heterocycles. The first kappa shape index (κ1) is 16.5. The van der Waals surface area contributed by atoms with E-state index in [4.69, 9.17) is 0 Å². The van der Waals surface area contributed by atoms with Crippen LogP contribution in [0.4, 0.5) is 0 Å². The number of halogens is 1. The van der Waals surface area contributed by atoms with Crippen molar-refractivity contribution in [2.45, 2.75) is 6.42 Å². The van der Waals surface area contributed by atoms with Gasteiger partial charge >= 0.3 is 0 Å². The molecular weight excluding hydrogens is 350 g/mol. The van der Waals surface area contributed by atoms with Crippen LogP contribution in [0.3, 0.4) is 0 Å². The van der Waals surface area contributed by atoms with Crippen molar-refractivity contribution in [3.05, 3.63) is 34.3 Å². The van der Waals surface area contributed by atoms with Crippen molar-refractivity contribution >= 4 is 34.2 Å². The summed E-state index contributed by atoms with van der Waals surface area (Å²) in [7, 11) is 0. The molecule has 1 aliphatic heterocycles. The van der Waals surface area contributed by atoms with Crippen LogP contribution in [0.25, 0.3) is 0 Å². The van der Waals surface area contributed by atoms with Crippen molar-refractivity contribution in [1.82, 2.24) is 15.1 Å². The Morgan fingerprint density at radius 3 is 2.59 bits per heavy atom. The number of piperazine rings is 1. The molecule has 0 aliphatic carbocycles. The molecule has 1 heterocycles. The number of nitrogens with one attached hydrogen (secondary N) is 1. The first-order chi connectivity index (χ1) is 10.6. The van der Waals surface area contributed by atoms with Gasteiger partial charge < -0.3 is 15.1 Å². The average Bonchev–Trinajstić information content (AvgIpc) is 2.52. The topological polar surface area (TPSA) is 69.7 Å². The van der Waals surface area contributed by atoms with Crippen molar-refractivity contribution < 1.29 is 14.4 Å². The molecule has 1 aromatic carbocycles. The van der Waals surface area contributed by atoms with Gasteiger partial charge in [-0.05, 0) is 17.7 Å². The van der Waals surface area contributed by atoms with E-state index >= 15 is 0 Å². The summed E-state index contributed by atoms with van der Waals surface area (Å²) in [5, 5.41) is 2.64. The lowest BCUT2D eigenvalue weighted by molar-refractivity contribution is -0.135. The normalized spacial score (nSPS) is 14.6. The molecule has 0 radical (unpaired) electrons. The number of carbonyl (C=O) groups excluding carboxylic acids is 3. The number of hydrogen-bond donors (Lipinski definition) is 1. The minimum absolute atomic E-state index is 0.00603. The highest BCUT2D eigenvalue weighted by Crippen LogP contribution is 2.11. The van der Waals surface area contributed by atoms with Gasteiger partial charge in [0.15, 0.2) is 0 Å². The van der Waals surface area contributed by atoms with Crippen LogP contribution in [0.15, 0.2) is 28.7 Å². The van der Waals surface area contributed by atoms with Gasteiger partial charge in [0.25, 0.3) is 0 Å². The molecular formula is C15H18BrN3O3. The molecule has 118 valence electrons. The molecule has 0 atom stereocenters. The van der Waals surface area contributed by atoms with Crippen molar-refractivity contribution in [2.75, 3.05) is 32.7 Å². The zero-order valence-corrected chi connectivity index (χ0v) is 13.7. The van der Waals surface area contributed by atoms with E-state index in [0.717, 1.165) is 16.4 Å². The van der Waals surface area contributed by atoms with Gasteiger partial charge in [-0.15, -0.1) is 0 Å². The quantitative estimate of drug-likeness (QED) is 0.766. The first-order valence-corrected chi connectivity index (χ1v) is 7.86. The molecule has 1 fully saturated rings. The summed E-state index contributed by atoms with van der Waals surface area (Å²) >= 11 is 3.36. The molecule has 2 rings (SSSR count). The summed E-state index contributed by atoms with van der Waals surface area (Å²) in [6.45, 7) is 2.11. The summed E-state index contributed by atoms with van der Waals surface area (Å²) in [6, 6.07) is 7.50. The summed E-state index contributed by atoms with van der Waals surface area (Å²) in [5.74, 6) is -0.300. The van der Waals surface area contributed by atoms with E-state index in [1.807, 2.05) is 24.3 Å². The van der Waals surface area contributed by atoms with Crippen LogP contribution in [-0.4, -0.2) is 60.7 Å². The lowest BCUT2D eigenvalue weighted by atomic mass is 10.1. The third kappa shape index (κ3) is 4.84. The molecule has 0 spiro atoms. The van der Waals surface area contributed by atoms with Crippen molar-refractivity contribution in [1.29, 1.82) is 0 Å². The molecule has 7 heteroatoms. The van der Waals surface area contributed by atoms with E-state index in [2.05, 4.69) is 21.2 Å². The Morgan fingerprint density at radius 1 is 1.23 bits per heavy atom. The van der Waals surface area contributed by atoms with Crippen LogP contribution in [-0.2, 0) is 20.8 Å². The summed E-state index contributed by atoms with van der Waals surface area (Å²) in [6.07, 6.45) is 1.03. The summed E-state index contributed by atoms with van der Waals surface area (Å²) in [5.41, 5.74) is 0.888. The molecule has 1 N–H and O–H groups in total. The maximum absolute atomic E-state index is 12.0. The number of benzene rings is 1. The second kappa shape index (κ2) is 7.93. The van der Waals surface area contributed by atoms with Crippen molar-refractivity contribution in [3.8, 4) is 0 Å². The molecule has 3 amide bonds. The second-order valence-electron chi connectivity index (χ2n) is 5.11. The van der Waals surface area contributed by atoms with Gasteiger partial charge in [0.05, 0.1) is 13.0 Å². The van der Waals surface area contributed by atoms with E-state index in [1.165, 1.54) is 0 Å². The third-order valence-electron chi connectivity index (χ3n) is 3.51. The lowest BCUT2D eigenvalue weighted by Crippen LogP contribution is -2.50. The molecule has 22 heavy (non-hydrogen) atoms. The predicted octanol–water partition coefficient (Wildman–Crippen LogP) is 0.408. The number of carbonyl (C=O) groups is 3. The minimum Gasteiger partial charge on any atom is -0.347 e. The van der Waals surface area contributed by atoms with Crippen LogP contribution in [0, 0.1) is 0 Å². The highest BCUT2D eigenvalue weighted by atomic mass is 79.9. The Kier molecular flexibility index (Phi) is 5.94. The summed E-state index contributed by atoms with van der Waals surface area (Å²) in [4.78, 5) is 37.8.